The maximum Gasteiger partial charge on any atom is 0.247 e. The summed E-state index contributed by atoms with van der Waals surface area (Å²) in [6.45, 7) is 5.15. The Morgan fingerprint density at radius 2 is 1.92 bits per heavy atom. The molecule has 2 aromatic heterocycles. The van der Waals surface area contributed by atoms with Gasteiger partial charge in [0.1, 0.15) is 6.07 Å². The van der Waals surface area contributed by atoms with Gasteiger partial charge < -0.3 is 15.5 Å². The van der Waals surface area contributed by atoms with Crippen molar-refractivity contribution in [1.29, 1.82) is 10.5 Å². The Morgan fingerprint density at radius 1 is 1.18 bits per heavy atom. The first kappa shape index (κ1) is 26.9. The molecule has 13 nitrogen and oxygen atoms in total. The molecule has 1 saturated carbocycles. The highest BCUT2D eigenvalue weighted by Crippen LogP contribution is 2.36. The predicted octanol–water partition coefficient (Wildman–Crippen LogP) is 1.90. The SMILES string of the molecule is C[C@@H](CN1CCN(c2cc(C#N)cc(Nc3nc(NC4CC4)c4ncc(C#N)n4n3)c2Cl)CC1)NS(C)(=O)=O. The number of nitriles is 2. The summed E-state index contributed by atoms with van der Waals surface area (Å²) in [5.74, 6) is 0.722. The highest BCUT2D eigenvalue weighted by atomic mass is 35.5. The Labute approximate surface area is 231 Å². The summed E-state index contributed by atoms with van der Waals surface area (Å²) in [7, 11) is -3.27. The van der Waals surface area contributed by atoms with E-state index in [0.717, 1.165) is 19.1 Å². The van der Waals surface area contributed by atoms with E-state index in [1.165, 1.54) is 10.7 Å². The van der Waals surface area contributed by atoms with Gasteiger partial charge >= 0.3 is 0 Å². The normalized spacial score (nSPS) is 17.0. The van der Waals surface area contributed by atoms with Gasteiger partial charge in [0, 0.05) is 44.8 Å². The molecule has 0 amide bonds. The summed E-state index contributed by atoms with van der Waals surface area (Å²) in [5, 5.41) is 30.6. The van der Waals surface area contributed by atoms with Crippen LogP contribution in [0.4, 0.5) is 23.1 Å². The number of aromatic nitrogens is 4. The van der Waals surface area contributed by atoms with Crippen LogP contribution in [0.2, 0.25) is 5.02 Å². The minimum atomic E-state index is -3.27. The summed E-state index contributed by atoms with van der Waals surface area (Å²) < 4.78 is 27.1. The summed E-state index contributed by atoms with van der Waals surface area (Å²) in [5.41, 5.74) is 2.32. The van der Waals surface area contributed by atoms with E-state index in [4.69, 9.17) is 11.6 Å². The second-order valence-corrected chi connectivity index (χ2v) is 12.0. The summed E-state index contributed by atoms with van der Waals surface area (Å²) in [6, 6.07) is 7.77. The van der Waals surface area contributed by atoms with Crippen molar-refractivity contribution in [3.05, 3.63) is 34.6 Å². The lowest BCUT2D eigenvalue weighted by atomic mass is 10.1. The zero-order chi connectivity index (χ0) is 27.7. The highest BCUT2D eigenvalue weighted by Gasteiger charge is 2.26. The first-order chi connectivity index (χ1) is 18.6. The third-order valence-corrected chi connectivity index (χ3v) is 7.71. The molecule has 204 valence electrons. The van der Waals surface area contributed by atoms with Crippen molar-refractivity contribution >= 4 is 50.4 Å². The van der Waals surface area contributed by atoms with Crippen LogP contribution in [0.1, 0.15) is 31.0 Å². The molecule has 1 aromatic carbocycles. The lowest BCUT2D eigenvalue weighted by Crippen LogP contribution is -2.50. The van der Waals surface area contributed by atoms with Crippen molar-refractivity contribution in [3.63, 3.8) is 0 Å². The number of imidazole rings is 1. The number of piperazine rings is 1. The van der Waals surface area contributed by atoms with E-state index in [0.29, 0.717) is 72.2 Å². The molecular formula is C24H28ClN11O2S. The number of hydrogen-bond acceptors (Lipinski definition) is 11. The van der Waals surface area contributed by atoms with Crippen LogP contribution < -0.4 is 20.3 Å². The van der Waals surface area contributed by atoms with E-state index < -0.39 is 10.0 Å². The number of hydrogen-bond donors (Lipinski definition) is 3. The maximum atomic E-state index is 11.5. The molecule has 3 N–H and O–H groups in total. The van der Waals surface area contributed by atoms with Crippen molar-refractivity contribution in [1.82, 2.24) is 29.2 Å². The van der Waals surface area contributed by atoms with Crippen molar-refractivity contribution < 1.29 is 8.42 Å². The van der Waals surface area contributed by atoms with Crippen molar-refractivity contribution in [3.8, 4) is 12.1 Å². The topological polar surface area (TPSA) is 167 Å². The number of anilines is 4. The minimum Gasteiger partial charge on any atom is -0.368 e. The average molecular weight is 570 g/mol. The summed E-state index contributed by atoms with van der Waals surface area (Å²) in [6.07, 6.45) is 4.67. The van der Waals surface area contributed by atoms with Crippen molar-refractivity contribution in [2.75, 3.05) is 54.5 Å². The van der Waals surface area contributed by atoms with Gasteiger partial charge in [-0.2, -0.15) is 20.0 Å². The van der Waals surface area contributed by atoms with Crippen molar-refractivity contribution in [2.45, 2.75) is 31.8 Å². The lowest BCUT2D eigenvalue weighted by Gasteiger charge is -2.37. The zero-order valence-corrected chi connectivity index (χ0v) is 23.1. The molecule has 2 aliphatic rings. The number of nitrogens with one attached hydrogen (secondary N) is 3. The fraction of sp³-hybridized carbons (Fsp3) is 0.458. The molecule has 0 spiro atoms. The second kappa shape index (κ2) is 10.8. The van der Waals surface area contributed by atoms with Crippen LogP contribution in [-0.2, 0) is 10.0 Å². The Balaban J connectivity index is 1.37. The zero-order valence-electron chi connectivity index (χ0n) is 21.5. The molecular weight excluding hydrogens is 542 g/mol. The Hall–Kier alpha value is -3.69. The van der Waals surface area contributed by atoms with Gasteiger partial charge in [-0.1, -0.05) is 11.6 Å². The van der Waals surface area contributed by atoms with Gasteiger partial charge in [-0.25, -0.2) is 18.1 Å². The fourth-order valence-corrected chi connectivity index (χ4v) is 5.69. The number of halogens is 1. The van der Waals surface area contributed by atoms with Crippen molar-refractivity contribution in [2.24, 2.45) is 0 Å². The van der Waals surface area contributed by atoms with E-state index in [1.807, 2.05) is 6.92 Å². The summed E-state index contributed by atoms with van der Waals surface area (Å²) >= 11 is 6.86. The van der Waals surface area contributed by atoms with Crippen LogP contribution >= 0.6 is 11.6 Å². The quantitative estimate of drug-likeness (QED) is 0.344. The molecule has 1 aliphatic heterocycles. The fourth-order valence-electron chi connectivity index (χ4n) is 4.61. The van der Waals surface area contributed by atoms with Crippen LogP contribution in [0.3, 0.4) is 0 Å². The van der Waals surface area contributed by atoms with Crippen LogP contribution in [0.25, 0.3) is 5.65 Å². The van der Waals surface area contributed by atoms with Gasteiger partial charge in [-0.15, -0.1) is 5.10 Å². The average Bonchev–Trinajstić information content (AvgIpc) is 3.60. The molecule has 3 heterocycles. The van der Waals surface area contributed by atoms with Gasteiger partial charge in [-0.05, 0) is 31.9 Å². The van der Waals surface area contributed by atoms with Crippen LogP contribution in [0.15, 0.2) is 18.3 Å². The summed E-state index contributed by atoms with van der Waals surface area (Å²) in [4.78, 5) is 13.2. The first-order valence-corrected chi connectivity index (χ1v) is 14.8. The smallest absolute Gasteiger partial charge is 0.247 e. The van der Waals surface area contributed by atoms with Gasteiger partial charge in [-0.3, -0.25) is 4.90 Å². The number of benzene rings is 1. The molecule has 1 aliphatic carbocycles. The molecule has 0 unspecified atom stereocenters. The molecule has 1 saturated heterocycles. The molecule has 3 aromatic rings. The Bertz CT molecular complexity index is 1580. The van der Waals surface area contributed by atoms with Gasteiger partial charge in [0.05, 0.1) is 40.5 Å². The lowest BCUT2D eigenvalue weighted by molar-refractivity contribution is 0.242. The van der Waals surface area contributed by atoms with E-state index in [1.54, 1.807) is 12.1 Å². The molecule has 0 radical (unpaired) electrons. The third-order valence-electron chi connectivity index (χ3n) is 6.48. The number of rotatable bonds is 9. The third kappa shape index (κ3) is 6.32. The predicted molar refractivity (Wildman–Crippen MR) is 148 cm³/mol. The van der Waals surface area contributed by atoms with Crippen LogP contribution in [0.5, 0.6) is 0 Å². The van der Waals surface area contributed by atoms with Crippen LogP contribution in [0, 0.1) is 22.7 Å². The highest BCUT2D eigenvalue weighted by molar-refractivity contribution is 7.88. The molecule has 15 heteroatoms. The van der Waals surface area contributed by atoms with Gasteiger partial charge in [0.2, 0.25) is 16.0 Å². The van der Waals surface area contributed by atoms with Gasteiger partial charge in [0.15, 0.2) is 17.2 Å². The molecule has 0 bridgehead atoms. The van der Waals surface area contributed by atoms with Crippen LogP contribution in [-0.4, -0.2) is 84.0 Å². The molecule has 2 fully saturated rings. The number of nitrogens with zero attached hydrogens (tertiary/aromatic N) is 8. The van der Waals surface area contributed by atoms with Gasteiger partial charge in [0.25, 0.3) is 0 Å². The second-order valence-electron chi connectivity index (χ2n) is 9.87. The van der Waals surface area contributed by atoms with E-state index in [2.05, 4.69) is 52.4 Å². The van der Waals surface area contributed by atoms with E-state index in [9.17, 15) is 18.9 Å². The Morgan fingerprint density at radius 3 is 2.56 bits per heavy atom. The Kier molecular flexibility index (Phi) is 7.46. The molecule has 1 atom stereocenters. The van der Waals surface area contributed by atoms with E-state index in [-0.39, 0.29) is 17.7 Å². The van der Waals surface area contributed by atoms with E-state index >= 15 is 0 Å². The molecule has 5 rings (SSSR count). The largest absolute Gasteiger partial charge is 0.368 e. The standard InChI is InChI=1S/C24H28ClN11O2S/c1-15(33-39(2,37)38)14-34-5-7-35(8-6-34)20-10-16(11-26)9-19(21(20)25)30-24-31-22(29-17-3-4-17)23-28-13-18(12-27)36(23)32-24/h9-10,13,15,17,33H,3-8,14H2,1-2H3,(H2,29,30,31,32)/t15-/m0/s1. The maximum absolute atomic E-state index is 11.5. The number of fused-ring (bicyclic) bond motifs is 1. The first-order valence-electron chi connectivity index (χ1n) is 12.5. The molecule has 39 heavy (non-hydrogen) atoms. The monoisotopic (exact) mass is 569 g/mol. The number of sulfonamides is 1. The minimum absolute atomic E-state index is 0.207.